The van der Waals surface area contributed by atoms with Gasteiger partial charge in [0.25, 0.3) is 0 Å². The van der Waals surface area contributed by atoms with Crippen LogP contribution in [-0.4, -0.2) is 22.9 Å². The van der Waals surface area contributed by atoms with Gasteiger partial charge < -0.3 is 15.2 Å². The first-order valence-corrected chi connectivity index (χ1v) is 6.52. The summed E-state index contributed by atoms with van der Waals surface area (Å²) in [6.07, 6.45) is 0.998. The van der Waals surface area contributed by atoms with Gasteiger partial charge in [0, 0.05) is 18.5 Å². The average Bonchev–Trinajstić information content (AvgIpc) is 2.71. The molecule has 1 aromatic rings. The maximum absolute atomic E-state index is 10.1. The van der Waals surface area contributed by atoms with Crippen LogP contribution in [0.15, 0.2) is 18.2 Å². The van der Waals surface area contributed by atoms with Crippen molar-refractivity contribution in [2.24, 2.45) is 0 Å². The summed E-state index contributed by atoms with van der Waals surface area (Å²) < 4.78 is 5.49. The summed E-state index contributed by atoms with van der Waals surface area (Å²) in [6, 6.07) is 6.31. The van der Waals surface area contributed by atoms with Crippen molar-refractivity contribution >= 4 is 0 Å². The normalized spacial score (nSPS) is 15.4. The molecule has 2 N–H and O–H groups in total. The van der Waals surface area contributed by atoms with E-state index in [4.69, 9.17) is 4.74 Å². The van der Waals surface area contributed by atoms with E-state index in [-0.39, 0.29) is 5.54 Å². The van der Waals surface area contributed by atoms with E-state index in [0.29, 0.717) is 0 Å². The Bertz CT molecular complexity index is 433. The number of rotatable bonds is 4. The van der Waals surface area contributed by atoms with Crippen LogP contribution < -0.4 is 10.1 Å². The van der Waals surface area contributed by atoms with Gasteiger partial charge in [0.15, 0.2) is 0 Å². The minimum atomic E-state index is -0.757. The van der Waals surface area contributed by atoms with Crippen LogP contribution in [0.3, 0.4) is 0 Å². The Morgan fingerprint density at radius 1 is 1.28 bits per heavy atom. The molecular weight excluding hydrogens is 226 g/mol. The minimum Gasteiger partial charge on any atom is -0.493 e. The molecule has 0 aliphatic carbocycles. The van der Waals surface area contributed by atoms with E-state index in [1.807, 2.05) is 33.8 Å². The maximum atomic E-state index is 10.1. The smallest absolute Gasteiger partial charge is 0.122 e. The van der Waals surface area contributed by atoms with Crippen LogP contribution in [0.2, 0.25) is 0 Å². The van der Waals surface area contributed by atoms with Gasteiger partial charge in [-0.1, -0.05) is 12.1 Å². The van der Waals surface area contributed by atoms with E-state index in [2.05, 4.69) is 17.4 Å². The fourth-order valence-electron chi connectivity index (χ4n) is 1.89. The van der Waals surface area contributed by atoms with Gasteiger partial charge in [-0.2, -0.15) is 0 Å². The Balaban J connectivity index is 2.03. The Morgan fingerprint density at radius 2 is 2.00 bits per heavy atom. The van der Waals surface area contributed by atoms with Crippen molar-refractivity contribution in [2.45, 2.75) is 51.8 Å². The number of nitrogens with one attached hydrogen (secondary N) is 1. The van der Waals surface area contributed by atoms with Crippen LogP contribution in [-0.2, 0) is 13.0 Å². The second-order valence-corrected chi connectivity index (χ2v) is 6.08. The number of fused-ring (bicyclic) bond motifs is 1. The summed E-state index contributed by atoms with van der Waals surface area (Å²) in [5.74, 6) is 1.01. The highest BCUT2D eigenvalue weighted by atomic mass is 16.5. The quantitative estimate of drug-likeness (QED) is 0.860. The fraction of sp³-hybridized carbons (Fsp3) is 0.600. The second kappa shape index (κ2) is 4.56. The van der Waals surface area contributed by atoms with Crippen molar-refractivity contribution in [3.05, 3.63) is 29.3 Å². The second-order valence-electron chi connectivity index (χ2n) is 6.08. The van der Waals surface area contributed by atoms with Crippen molar-refractivity contribution < 1.29 is 9.84 Å². The Morgan fingerprint density at radius 3 is 2.67 bits per heavy atom. The molecule has 3 nitrogen and oxygen atoms in total. The Hall–Kier alpha value is -1.06. The van der Waals surface area contributed by atoms with Crippen LogP contribution in [0.4, 0.5) is 0 Å². The van der Waals surface area contributed by atoms with Gasteiger partial charge in [0.2, 0.25) is 0 Å². The molecule has 0 unspecified atom stereocenters. The highest BCUT2D eigenvalue weighted by Gasteiger charge is 2.34. The third-order valence-corrected chi connectivity index (χ3v) is 4.02. The van der Waals surface area contributed by atoms with Crippen molar-refractivity contribution in [2.75, 3.05) is 6.61 Å². The van der Waals surface area contributed by atoms with Crippen molar-refractivity contribution in [3.63, 3.8) is 0 Å². The molecule has 2 rings (SSSR count). The van der Waals surface area contributed by atoms with Crippen LogP contribution in [0.5, 0.6) is 5.75 Å². The highest BCUT2D eigenvalue weighted by molar-refractivity contribution is 5.39. The first-order valence-electron chi connectivity index (χ1n) is 6.52. The van der Waals surface area contributed by atoms with Gasteiger partial charge in [-0.3, -0.25) is 0 Å². The van der Waals surface area contributed by atoms with E-state index in [0.717, 1.165) is 25.3 Å². The topological polar surface area (TPSA) is 41.5 Å². The summed E-state index contributed by atoms with van der Waals surface area (Å²) in [5.41, 5.74) is 1.43. The van der Waals surface area contributed by atoms with Crippen molar-refractivity contribution in [1.82, 2.24) is 5.32 Å². The Kier molecular flexibility index (Phi) is 3.39. The maximum Gasteiger partial charge on any atom is 0.122 e. The van der Waals surface area contributed by atoms with Gasteiger partial charge >= 0.3 is 0 Å². The molecular formula is C15H23NO2. The lowest BCUT2D eigenvalue weighted by Gasteiger charge is -2.38. The van der Waals surface area contributed by atoms with E-state index in [9.17, 15) is 5.11 Å². The number of ether oxygens (including phenoxy) is 1. The minimum absolute atomic E-state index is 0.331. The van der Waals surface area contributed by atoms with Gasteiger partial charge in [-0.25, -0.2) is 0 Å². The standard InChI is InChI=1S/C15H23NO2/c1-14(2,15(3,4)17)16-10-11-5-6-13-12(9-11)7-8-18-13/h5-6,9,16-17H,7-8,10H2,1-4H3. The predicted molar refractivity (Wildman–Crippen MR) is 72.9 cm³/mol. The van der Waals surface area contributed by atoms with Crippen LogP contribution in [0.25, 0.3) is 0 Å². The van der Waals surface area contributed by atoms with Gasteiger partial charge in [-0.05, 0) is 44.9 Å². The van der Waals surface area contributed by atoms with Gasteiger partial charge in [0.1, 0.15) is 5.75 Å². The lowest BCUT2D eigenvalue weighted by atomic mass is 9.86. The molecule has 100 valence electrons. The number of hydrogen-bond acceptors (Lipinski definition) is 3. The Labute approximate surface area is 109 Å². The zero-order valence-electron chi connectivity index (χ0n) is 11.7. The third-order valence-electron chi connectivity index (χ3n) is 4.02. The third kappa shape index (κ3) is 2.68. The van der Waals surface area contributed by atoms with Crippen LogP contribution >= 0.6 is 0 Å². The lowest BCUT2D eigenvalue weighted by molar-refractivity contribution is -0.00531. The first-order chi connectivity index (χ1) is 8.29. The summed E-state index contributed by atoms with van der Waals surface area (Å²) in [6.45, 7) is 9.24. The predicted octanol–water partition coefficient (Wildman–Crippen LogP) is 2.26. The molecule has 0 atom stereocenters. The molecule has 3 heteroatoms. The summed E-state index contributed by atoms with van der Waals surface area (Å²) in [7, 11) is 0. The van der Waals surface area contributed by atoms with E-state index < -0.39 is 5.60 Å². The van der Waals surface area contributed by atoms with Crippen molar-refractivity contribution in [3.8, 4) is 5.75 Å². The van der Waals surface area contributed by atoms with Gasteiger partial charge in [0.05, 0.1) is 12.2 Å². The largest absolute Gasteiger partial charge is 0.493 e. The molecule has 0 saturated heterocycles. The zero-order valence-corrected chi connectivity index (χ0v) is 11.7. The number of hydrogen-bond donors (Lipinski definition) is 2. The molecule has 1 heterocycles. The molecule has 0 radical (unpaired) electrons. The SMILES string of the molecule is CC(C)(O)C(C)(C)NCc1ccc2c(c1)CCO2. The highest BCUT2D eigenvalue weighted by Crippen LogP contribution is 2.26. The summed E-state index contributed by atoms with van der Waals surface area (Å²) >= 11 is 0. The molecule has 0 amide bonds. The molecule has 0 saturated carbocycles. The van der Waals surface area contributed by atoms with Crippen LogP contribution in [0, 0.1) is 0 Å². The molecule has 0 spiro atoms. The number of aliphatic hydroxyl groups is 1. The molecule has 18 heavy (non-hydrogen) atoms. The monoisotopic (exact) mass is 249 g/mol. The average molecular weight is 249 g/mol. The van der Waals surface area contributed by atoms with Crippen molar-refractivity contribution in [1.29, 1.82) is 0 Å². The van der Waals surface area contributed by atoms with E-state index >= 15 is 0 Å². The van der Waals surface area contributed by atoms with Gasteiger partial charge in [-0.15, -0.1) is 0 Å². The lowest BCUT2D eigenvalue weighted by Crippen LogP contribution is -2.55. The number of benzene rings is 1. The molecule has 0 fully saturated rings. The molecule has 1 aliphatic rings. The first kappa shape index (κ1) is 13.4. The molecule has 0 bridgehead atoms. The zero-order chi connectivity index (χ0) is 13.4. The summed E-state index contributed by atoms with van der Waals surface area (Å²) in [5, 5.41) is 13.5. The molecule has 1 aliphatic heterocycles. The summed E-state index contributed by atoms with van der Waals surface area (Å²) in [4.78, 5) is 0. The molecule has 1 aromatic carbocycles. The van der Waals surface area contributed by atoms with E-state index in [1.165, 1.54) is 11.1 Å². The fourth-order valence-corrected chi connectivity index (χ4v) is 1.89. The molecule has 0 aromatic heterocycles. The van der Waals surface area contributed by atoms with Crippen LogP contribution in [0.1, 0.15) is 38.8 Å². The van der Waals surface area contributed by atoms with E-state index in [1.54, 1.807) is 0 Å².